The number of ether oxygens (including phenoxy) is 1. The Kier molecular flexibility index (Phi) is 5.46. The number of aliphatic hydroxyl groups excluding tert-OH is 1. The van der Waals surface area contributed by atoms with E-state index in [1.807, 2.05) is 24.3 Å². The van der Waals surface area contributed by atoms with Gasteiger partial charge in [-0.25, -0.2) is 8.78 Å². The maximum absolute atomic E-state index is 13.2. The number of nitrogens with one attached hydrogen (secondary N) is 1. The molecular weight excluding hydrogens is 288 g/mol. The van der Waals surface area contributed by atoms with Gasteiger partial charge in [-0.15, -0.1) is 0 Å². The Balaban J connectivity index is 1.95. The maximum Gasteiger partial charge on any atom is 0.159 e. The number of methoxy groups -OCH3 is 1. The highest BCUT2D eigenvalue weighted by atomic mass is 19.2. The van der Waals surface area contributed by atoms with E-state index in [1.165, 1.54) is 6.07 Å². The molecule has 3 nitrogen and oxygen atoms in total. The van der Waals surface area contributed by atoms with Crippen LogP contribution in [0, 0.1) is 11.6 Å². The van der Waals surface area contributed by atoms with Gasteiger partial charge in [-0.05, 0) is 42.3 Å². The summed E-state index contributed by atoms with van der Waals surface area (Å²) in [5.41, 5.74) is 1.37. The molecule has 2 N–H and O–H groups in total. The van der Waals surface area contributed by atoms with E-state index >= 15 is 0 Å². The van der Waals surface area contributed by atoms with E-state index < -0.39 is 17.7 Å². The van der Waals surface area contributed by atoms with Crippen molar-refractivity contribution in [3.63, 3.8) is 0 Å². The summed E-state index contributed by atoms with van der Waals surface area (Å²) in [6, 6.07) is 10.7. The summed E-state index contributed by atoms with van der Waals surface area (Å²) < 4.78 is 31.2. The zero-order valence-corrected chi connectivity index (χ0v) is 12.5. The second-order valence-corrected chi connectivity index (χ2v) is 5.14. The van der Waals surface area contributed by atoms with Crippen molar-refractivity contribution in [3.8, 4) is 5.75 Å². The largest absolute Gasteiger partial charge is 0.497 e. The summed E-state index contributed by atoms with van der Waals surface area (Å²) in [6.07, 6.45) is -0.923. The van der Waals surface area contributed by atoms with Gasteiger partial charge < -0.3 is 15.2 Å². The third-order valence-electron chi connectivity index (χ3n) is 3.55. The normalized spacial score (nSPS) is 13.7. The number of rotatable bonds is 6. The highest BCUT2D eigenvalue weighted by molar-refractivity contribution is 5.27. The van der Waals surface area contributed by atoms with Crippen LogP contribution in [0.4, 0.5) is 8.78 Å². The van der Waals surface area contributed by atoms with Crippen LogP contribution in [0.15, 0.2) is 42.5 Å². The minimum Gasteiger partial charge on any atom is -0.497 e. The molecule has 0 fully saturated rings. The summed E-state index contributed by atoms with van der Waals surface area (Å²) in [5.74, 6) is -1.10. The van der Waals surface area contributed by atoms with Crippen LogP contribution in [-0.4, -0.2) is 18.3 Å². The Morgan fingerprint density at radius 2 is 1.77 bits per heavy atom. The first kappa shape index (κ1) is 16.4. The molecule has 0 aliphatic rings. The Morgan fingerprint density at radius 3 is 2.36 bits per heavy atom. The highest BCUT2D eigenvalue weighted by Gasteiger charge is 2.17. The summed E-state index contributed by atoms with van der Waals surface area (Å²) in [4.78, 5) is 0. The molecule has 0 saturated heterocycles. The first-order chi connectivity index (χ1) is 10.5. The predicted octanol–water partition coefficient (Wildman–Crippen LogP) is 3.19. The van der Waals surface area contributed by atoms with Crippen LogP contribution in [0.25, 0.3) is 0 Å². The van der Waals surface area contributed by atoms with Crippen molar-refractivity contribution in [1.82, 2.24) is 5.32 Å². The predicted molar refractivity (Wildman–Crippen MR) is 80.6 cm³/mol. The molecule has 0 amide bonds. The quantitative estimate of drug-likeness (QED) is 0.861. The second kappa shape index (κ2) is 7.33. The van der Waals surface area contributed by atoms with Crippen molar-refractivity contribution in [2.45, 2.75) is 25.6 Å². The van der Waals surface area contributed by atoms with Crippen LogP contribution in [0.3, 0.4) is 0 Å². The van der Waals surface area contributed by atoms with Gasteiger partial charge in [-0.3, -0.25) is 0 Å². The molecule has 0 radical (unpaired) electrons. The molecule has 2 atom stereocenters. The van der Waals surface area contributed by atoms with Gasteiger partial charge in [0.05, 0.1) is 13.2 Å². The average molecular weight is 307 g/mol. The van der Waals surface area contributed by atoms with Crippen LogP contribution < -0.4 is 10.1 Å². The molecule has 22 heavy (non-hydrogen) atoms. The fourth-order valence-corrected chi connectivity index (χ4v) is 2.12. The molecule has 0 aromatic heterocycles. The second-order valence-electron chi connectivity index (χ2n) is 5.14. The fraction of sp³-hybridized carbons (Fsp3) is 0.294. The zero-order valence-electron chi connectivity index (χ0n) is 12.5. The van der Waals surface area contributed by atoms with E-state index in [2.05, 4.69) is 5.32 Å². The van der Waals surface area contributed by atoms with Gasteiger partial charge in [-0.2, -0.15) is 0 Å². The first-order valence-electron chi connectivity index (χ1n) is 7.00. The van der Waals surface area contributed by atoms with Gasteiger partial charge in [-0.1, -0.05) is 18.2 Å². The lowest BCUT2D eigenvalue weighted by Crippen LogP contribution is -2.31. The molecule has 2 rings (SSSR count). The van der Waals surface area contributed by atoms with E-state index in [0.29, 0.717) is 12.1 Å². The smallest absolute Gasteiger partial charge is 0.159 e. The van der Waals surface area contributed by atoms with Crippen LogP contribution in [-0.2, 0) is 6.54 Å². The number of hydrogen-bond donors (Lipinski definition) is 2. The van der Waals surface area contributed by atoms with Crippen LogP contribution in [0.1, 0.15) is 24.2 Å². The van der Waals surface area contributed by atoms with E-state index in [-0.39, 0.29) is 6.04 Å². The molecule has 0 bridgehead atoms. The van der Waals surface area contributed by atoms with Crippen molar-refractivity contribution in [1.29, 1.82) is 0 Å². The molecule has 5 heteroatoms. The van der Waals surface area contributed by atoms with Gasteiger partial charge in [0.2, 0.25) is 0 Å². The Hall–Kier alpha value is -1.98. The van der Waals surface area contributed by atoms with Gasteiger partial charge >= 0.3 is 0 Å². The van der Waals surface area contributed by atoms with E-state index in [0.717, 1.165) is 23.4 Å². The first-order valence-corrected chi connectivity index (χ1v) is 7.00. The fourth-order valence-electron chi connectivity index (χ4n) is 2.12. The third-order valence-corrected chi connectivity index (χ3v) is 3.55. The van der Waals surface area contributed by atoms with E-state index in [4.69, 9.17) is 4.74 Å². The Labute approximate surface area is 128 Å². The molecule has 2 aromatic rings. The molecule has 0 aliphatic carbocycles. The van der Waals surface area contributed by atoms with E-state index in [9.17, 15) is 13.9 Å². The monoisotopic (exact) mass is 307 g/mol. The minimum atomic E-state index is -0.959. The van der Waals surface area contributed by atoms with Crippen molar-refractivity contribution in [2.24, 2.45) is 0 Å². The summed E-state index contributed by atoms with van der Waals surface area (Å²) in [6.45, 7) is 2.33. The molecule has 0 heterocycles. The molecule has 118 valence electrons. The SMILES string of the molecule is COc1ccc(CNC(C)C(O)c2ccc(F)c(F)c2)cc1. The standard InChI is InChI=1S/C17H19F2NO2/c1-11(17(21)13-5-8-15(18)16(19)9-13)20-10-12-3-6-14(22-2)7-4-12/h3-9,11,17,20-21H,10H2,1-2H3. The van der Waals surface area contributed by atoms with Gasteiger partial charge in [0.1, 0.15) is 5.75 Å². The highest BCUT2D eigenvalue weighted by Crippen LogP contribution is 2.20. The lowest BCUT2D eigenvalue weighted by molar-refractivity contribution is 0.135. The number of hydrogen-bond acceptors (Lipinski definition) is 3. The number of aliphatic hydroxyl groups is 1. The van der Waals surface area contributed by atoms with Crippen LogP contribution >= 0.6 is 0 Å². The lowest BCUT2D eigenvalue weighted by atomic mass is 10.0. The molecule has 0 saturated carbocycles. The number of halogens is 2. The molecular formula is C17H19F2NO2. The topological polar surface area (TPSA) is 41.5 Å². The minimum absolute atomic E-state index is 0.313. The maximum atomic E-state index is 13.2. The van der Waals surface area contributed by atoms with Crippen molar-refractivity contribution in [3.05, 3.63) is 65.2 Å². The van der Waals surface area contributed by atoms with Gasteiger partial charge in [0.15, 0.2) is 11.6 Å². The van der Waals surface area contributed by atoms with E-state index in [1.54, 1.807) is 14.0 Å². The molecule has 0 aliphatic heterocycles. The summed E-state index contributed by atoms with van der Waals surface area (Å²) in [7, 11) is 1.60. The lowest BCUT2D eigenvalue weighted by Gasteiger charge is -2.21. The Bertz CT molecular complexity index is 617. The molecule has 2 aromatic carbocycles. The van der Waals surface area contributed by atoms with Crippen molar-refractivity contribution >= 4 is 0 Å². The Morgan fingerprint density at radius 1 is 1.09 bits per heavy atom. The molecule has 0 spiro atoms. The van der Waals surface area contributed by atoms with Gasteiger partial charge in [0, 0.05) is 12.6 Å². The third kappa shape index (κ3) is 4.02. The zero-order chi connectivity index (χ0) is 16.1. The summed E-state index contributed by atoms with van der Waals surface area (Å²) in [5, 5.41) is 13.4. The average Bonchev–Trinajstić information content (AvgIpc) is 2.55. The molecule has 2 unspecified atom stereocenters. The van der Waals surface area contributed by atoms with Crippen LogP contribution in [0.2, 0.25) is 0 Å². The summed E-state index contributed by atoms with van der Waals surface area (Å²) >= 11 is 0. The van der Waals surface area contributed by atoms with Crippen molar-refractivity contribution < 1.29 is 18.6 Å². The van der Waals surface area contributed by atoms with Gasteiger partial charge in [0.25, 0.3) is 0 Å². The number of benzene rings is 2. The van der Waals surface area contributed by atoms with Crippen LogP contribution in [0.5, 0.6) is 5.75 Å². The van der Waals surface area contributed by atoms with Crippen molar-refractivity contribution in [2.75, 3.05) is 7.11 Å².